The molecule has 0 radical (unpaired) electrons. The highest BCUT2D eigenvalue weighted by molar-refractivity contribution is 7.99. The number of hydrogen-bond donors (Lipinski definition) is 0. The number of hydrogen-bond acceptors (Lipinski definition) is 3. The van der Waals surface area contributed by atoms with E-state index in [0.717, 1.165) is 6.07 Å². The lowest BCUT2D eigenvalue weighted by molar-refractivity contribution is -0.385. The van der Waals surface area contributed by atoms with Crippen LogP contribution >= 0.6 is 11.8 Å². The molecule has 0 bridgehead atoms. The molecule has 0 spiro atoms. The first kappa shape index (κ1) is 11.0. The van der Waals surface area contributed by atoms with Gasteiger partial charge in [-0.2, -0.15) is 0 Å². The SMILES string of the molecule is CC(C)Sc1ccc([N+](=O)[O-])cc1F. The Morgan fingerprint density at radius 1 is 1.50 bits per heavy atom. The Kier molecular flexibility index (Phi) is 3.46. The highest BCUT2D eigenvalue weighted by Gasteiger charge is 2.11. The van der Waals surface area contributed by atoms with Crippen molar-refractivity contribution in [3.63, 3.8) is 0 Å². The molecule has 1 aromatic rings. The zero-order valence-electron chi connectivity index (χ0n) is 7.86. The van der Waals surface area contributed by atoms with Crippen molar-refractivity contribution < 1.29 is 9.31 Å². The van der Waals surface area contributed by atoms with E-state index >= 15 is 0 Å². The second-order valence-electron chi connectivity index (χ2n) is 3.04. The van der Waals surface area contributed by atoms with Gasteiger partial charge in [0.1, 0.15) is 5.82 Å². The van der Waals surface area contributed by atoms with Crippen LogP contribution in [0.1, 0.15) is 13.8 Å². The fourth-order valence-electron chi connectivity index (χ4n) is 0.953. The second-order valence-corrected chi connectivity index (χ2v) is 4.66. The second kappa shape index (κ2) is 4.41. The Balaban J connectivity index is 2.95. The van der Waals surface area contributed by atoms with E-state index in [1.165, 1.54) is 23.9 Å². The molecule has 76 valence electrons. The van der Waals surface area contributed by atoms with E-state index in [4.69, 9.17) is 0 Å². The molecule has 0 unspecified atom stereocenters. The van der Waals surface area contributed by atoms with Gasteiger partial charge in [0.2, 0.25) is 0 Å². The smallest absolute Gasteiger partial charge is 0.258 e. The van der Waals surface area contributed by atoms with Gasteiger partial charge in [0.25, 0.3) is 5.69 Å². The summed E-state index contributed by atoms with van der Waals surface area (Å²) in [5.74, 6) is -0.530. The number of benzene rings is 1. The average Bonchev–Trinajstić information content (AvgIpc) is 2.07. The molecule has 1 rings (SSSR count). The van der Waals surface area contributed by atoms with Crippen LogP contribution in [0.3, 0.4) is 0 Å². The van der Waals surface area contributed by atoms with Gasteiger partial charge in [0.15, 0.2) is 0 Å². The zero-order chi connectivity index (χ0) is 10.7. The summed E-state index contributed by atoms with van der Waals surface area (Å²) in [7, 11) is 0. The fourth-order valence-corrected chi connectivity index (χ4v) is 1.78. The molecule has 0 saturated heterocycles. The van der Waals surface area contributed by atoms with Crippen molar-refractivity contribution in [2.45, 2.75) is 24.0 Å². The molecule has 0 heterocycles. The topological polar surface area (TPSA) is 43.1 Å². The molecule has 0 atom stereocenters. The van der Waals surface area contributed by atoms with Gasteiger partial charge in [-0.3, -0.25) is 10.1 Å². The van der Waals surface area contributed by atoms with Crippen LogP contribution in [-0.2, 0) is 0 Å². The number of nitro groups is 1. The van der Waals surface area contributed by atoms with E-state index in [2.05, 4.69) is 0 Å². The van der Waals surface area contributed by atoms with Gasteiger partial charge in [-0.15, -0.1) is 11.8 Å². The van der Waals surface area contributed by atoms with Crippen molar-refractivity contribution in [1.29, 1.82) is 0 Å². The third-order valence-corrected chi connectivity index (χ3v) is 2.55. The number of nitro benzene ring substituents is 1. The van der Waals surface area contributed by atoms with Crippen LogP contribution in [0.25, 0.3) is 0 Å². The lowest BCUT2D eigenvalue weighted by atomic mass is 10.3. The first-order chi connectivity index (χ1) is 6.50. The van der Waals surface area contributed by atoms with E-state index in [9.17, 15) is 14.5 Å². The molecular weight excluding hydrogens is 205 g/mol. The Morgan fingerprint density at radius 2 is 2.14 bits per heavy atom. The maximum Gasteiger partial charge on any atom is 0.272 e. The number of thioether (sulfide) groups is 1. The number of nitrogens with zero attached hydrogens (tertiary/aromatic N) is 1. The number of non-ortho nitro benzene ring substituents is 1. The summed E-state index contributed by atoms with van der Waals surface area (Å²) >= 11 is 1.35. The van der Waals surface area contributed by atoms with Gasteiger partial charge in [0.05, 0.1) is 11.0 Å². The van der Waals surface area contributed by atoms with Gasteiger partial charge in [-0.25, -0.2) is 4.39 Å². The van der Waals surface area contributed by atoms with E-state index in [0.29, 0.717) is 4.90 Å². The predicted octanol–water partition coefficient (Wildman–Crippen LogP) is 3.23. The maximum atomic E-state index is 13.2. The van der Waals surface area contributed by atoms with Crippen molar-refractivity contribution in [2.24, 2.45) is 0 Å². The Bertz CT molecular complexity index is 355. The molecule has 5 heteroatoms. The molecule has 0 N–H and O–H groups in total. The zero-order valence-corrected chi connectivity index (χ0v) is 8.68. The fraction of sp³-hybridized carbons (Fsp3) is 0.333. The van der Waals surface area contributed by atoms with E-state index in [1.54, 1.807) is 0 Å². The molecule has 0 aliphatic rings. The lowest BCUT2D eigenvalue weighted by Gasteiger charge is -2.05. The van der Waals surface area contributed by atoms with E-state index < -0.39 is 10.7 Å². The minimum Gasteiger partial charge on any atom is -0.258 e. The third-order valence-electron chi connectivity index (χ3n) is 1.49. The summed E-state index contributed by atoms with van der Waals surface area (Å²) in [6.07, 6.45) is 0. The molecule has 1 aromatic carbocycles. The normalized spacial score (nSPS) is 10.6. The van der Waals surface area contributed by atoms with Crippen LogP contribution in [0.5, 0.6) is 0 Å². The van der Waals surface area contributed by atoms with Crippen LogP contribution < -0.4 is 0 Å². The minimum atomic E-state index is -0.604. The van der Waals surface area contributed by atoms with Crippen molar-refractivity contribution in [1.82, 2.24) is 0 Å². The summed E-state index contributed by atoms with van der Waals surface area (Å²) < 4.78 is 13.2. The summed E-state index contributed by atoms with van der Waals surface area (Å²) in [5.41, 5.74) is -0.212. The summed E-state index contributed by atoms with van der Waals surface area (Å²) in [5, 5.41) is 10.6. The van der Waals surface area contributed by atoms with Gasteiger partial charge in [-0.05, 0) is 6.07 Å². The maximum absolute atomic E-state index is 13.2. The minimum absolute atomic E-state index is 0.212. The van der Waals surface area contributed by atoms with Gasteiger partial charge >= 0.3 is 0 Å². The highest BCUT2D eigenvalue weighted by Crippen LogP contribution is 2.28. The first-order valence-electron chi connectivity index (χ1n) is 4.11. The molecular formula is C9H10FNO2S. The van der Waals surface area contributed by atoms with Gasteiger partial charge in [-0.1, -0.05) is 13.8 Å². The molecule has 0 aliphatic heterocycles. The molecule has 0 amide bonds. The van der Waals surface area contributed by atoms with Crippen LogP contribution in [0.4, 0.5) is 10.1 Å². The standard InChI is InChI=1S/C9H10FNO2S/c1-6(2)14-9-4-3-7(11(12)13)5-8(9)10/h3-6H,1-2H3. The predicted molar refractivity (Wildman–Crippen MR) is 54.0 cm³/mol. The Hall–Kier alpha value is -1.10. The molecule has 0 aliphatic carbocycles. The molecule has 0 fully saturated rings. The van der Waals surface area contributed by atoms with Gasteiger partial charge < -0.3 is 0 Å². The highest BCUT2D eigenvalue weighted by atomic mass is 32.2. The van der Waals surface area contributed by atoms with Crippen molar-refractivity contribution in [3.05, 3.63) is 34.1 Å². The van der Waals surface area contributed by atoms with Crippen LogP contribution in [0, 0.1) is 15.9 Å². The monoisotopic (exact) mass is 215 g/mol. The lowest BCUT2D eigenvalue weighted by Crippen LogP contribution is -1.92. The summed E-state index contributed by atoms with van der Waals surface area (Å²) in [4.78, 5) is 10.2. The summed E-state index contributed by atoms with van der Waals surface area (Å²) in [6, 6.07) is 3.70. The average molecular weight is 215 g/mol. The van der Waals surface area contributed by atoms with Crippen LogP contribution in [0.2, 0.25) is 0 Å². The van der Waals surface area contributed by atoms with Crippen LogP contribution in [-0.4, -0.2) is 10.2 Å². The van der Waals surface area contributed by atoms with Crippen molar-refractivity contribution in [3.8, 4) is 0 Å². The molecule has 0 aromatic heterocycles. The van der Waals surface area contributed by atoms with Crippen molar-refractivity contribution >= 4 is 17.4 Å². The molecule has 0 saturated carbocycles. The first-order valence-corrected chi connectivity index (χ1v) is 4.99. The summed E-state index contributed by atoms with van der Waals surface area (Å²) in [6.45, 7) is 3.87. The van der Waals surface area contributed by atoms with Crippen molar-refractivity contribution in [2.75, 3.05) is 0 Å². The number of halogens is 1. The molecule has 3 nitrogen and oxygen atoms in total. The molecule has 14 heavy (non-hydrogen) atoms. The quantitative estimate of drug-likeness (QED) is 0.441. The Morgan fingerprint density at radius 3 is 2.57 bits per heavy atom. The number of rotatable bonds is 3. The van der Waals surface area contributed by atoms with E-state index in [-0.39, 0.29) is 10.9 Å². The third kappa shape index (κ3) is 2.70. The Labute approximate surface area is 85.5 Å². The van der Waals surface area contributed by atoms with Crippen LogP contribution in [0.15, 0.2) is 23.1 Å². The van der Waals surface area contributed by atoms with E-state index in [1.807, 2.05) is 13.8 Å². The largest absolute Gasteiger partial charge is 0.272 e. The van der Waals surface area contributed by atoms with Gasteiger partial charge in [0, 0.05) is 16.2 Å².